The van der Waals surface area contributed by atoms with Gasteiger partial charge in [-0.05, 0) is 12.3 Å². The zero-order valence-corrected chi connectivity index (χ0v) is 16.4. The smallest absolute Gasteiger partial charge is 0.0822 e. The SMILES string of the molecule is CC(C)CCCCCCCCCCCCCCCCCCC[O]. The zero-order valence-electron chi connectivity index (χ0n) is 16.4. The Morgan fingerprint density at radius 3 is 0.957 bits per heavy atom. The molecule has 0 saturated heterocycles. The lowest BCUT2D eigenvalue weighted by atomic mass is 10.0. The van der Waals surface area contributed by atoms with Crippen LogP contribution < -0.4 is 0 Å². The van der Waals surface area contributed by atoms with Crippen LogP contribution in [0.3, 0.4) is 0 Å². The molecule has 1 heteroatoms. The van der Waals surface area contributed by atoms with Gasteiger partial charge in [0.05, 0.1) is 6.61 Å². The zero-order chi connectivity index (χ0) is 17.0. The molecule has 0 spiro atoms. The van der Waals surface area contributed by atoms with Gasteiger partial charge >= 0.3 is 0 Å². The van der Waals surface area contributed by atoms with Crippen LogP contribution in [0.15, 0.2) is 0 Å². The van der Waals surface area contributed by atoms with Crippen LogP contribution in [-0.4, -0.2) is 6.61 Å². The summed E-state index contributed by atoms with van der Waals surface area (Å²) in [6, 6.07) is 0. The van der Waals surface area contributed by atoms with Crippen LogP contribution in [0, 0.1) is 5.92 Å². The average molecular weight is 326 g/mol. The molecule has 0 amide bonds. The number of hydrogen-bond donors (Lipinski definition) is 0. The van der Waals surface area contributed by atoms with Crippen LogP contribution in [0.4, 0.5) is 0 Å². The van der Waals surface area contributed by atoms with Gasteiger partial charge in [0.1, 0.15) is 0 Å². The van der Waals surface area contributed by atoms with Gasteiger partial charge in [0.25, 0.3) is 0 Å². The third kappa shape index (κ3) is 22.0. The van der Waals surface area contributed by atoms with Crippen LogP contribution in [-0.2, 0) is 5.11 Å². The maximum Gasteiger partial charge on any atom is 0.0822 e. The standard InChI is InChI=1S/C22H45O/c1-22(2)20-18-16-14-12-10-8-6-4-3-5-7-9-11-13-15-17-19-21-23/h22H,3-21H2,1-2H3. The third-order valence-corrected chi connectivity index (χ3v) is 4.93. The molecule has 0 aromatic heterocycles. The van der Waals surface area contributed by atoms with Crippen molar-refractivity contribution < 1.29 is 5.11 Å². The molecule has 0 fully saturated rings. The molecule has 0 atom stereocenters. The van der Waals surface area contributed by atoms with Crippen molar-refractivity contribution in [3.05, 3.63) is 0 Å². The minimum absolute atomic E-state index is 0.123. The van der Waals surface area contributed by atoms with Gasteiger partial charge in [-0.2, -0.15) is 0 Å². The molecule has 0 aliphatic carbocycles. The van der Waals surface area contributed by atoms with E-state index in [9.17, 15) is 5.11 Å². The summed E-state index contributed by atoms with van der Waals surface area (Å²) >= 11 is 0. The van der Waals surface area contributed by atoms with Crippen molar-refractivity contribution in [1.29, 1.82) is 0 Å². The molecule has 0 aliphatic heterocycles. The predicted molar refractivity (Wildman–Crippen MR) is 103 cm³/mol. The van der Waals surface area contributed by atoms with Crippen molar-refractivity contribution >= 4 is 0 Å². The summed E-state index contributed by atoms with van der Waals surface area (Å²) in [6.45, 7) is 4.78. The Hall–Kier alpha value is -0.0400. The van der Waals surface area contributed by atoms with E-state index in [4.69, 9.17) is 0 Å². The van der Waals surface area contributed by atoms with Crippen LogP contribution >= 0.6 is 0 Å². The summed E-state index contributed by atoms with van der Waals surface area (Å²) in [4.78, 5) is 0. The summed E-state index contributed by atoms with van der Waals surface area (Å²) in [5, 5.41) is 10.3. The van der Waals surface area contributed by atoms with E-state index in [0.717, 1.165) is 18.8 Å². The second kappa shape index (κ2) is 20.0. The molecule has 0 heterocycles. The number of rotatable bonds is 19. The minimum Gasteiger partial charge on any atom is -0.237 e. The monoisotopic (exact) mass is 325 g/mol. The van der Waals surface area contributed by atoms with E-state index in [1.165, 1.54) is 103 Å². The summed E-state index contributed by atoms with van der Waals surface area (Å²) in [5.41, 5.74) is 0. The lowest BCUT2D eigenvalue weighted by Crippen LogP contribution is -1.87. The Balaban J connectivity index is 2.95. The van der Waals surface area contributed by atoms with Crippen molar-refractivity contribution in [3.63, 3.8) is 0 Å². The first-order valence-electron chi connectivity index (χ1n) is 10.9. The lowest BCUT2D eigenvalue weighted by molar-refractivity contribution is 0.186. The molecule has 0 N–H and O–H groups in total. The van der Waals surface area contributed by atoms with Gasteiger partial charge in [0.15, 0.2) is 0 Å². The summed E-state index contributed by atoms with van der Waals surface area (Å²) in [6.07, 6.45) is 24.8. The second-order valence-electron chi connectivity index (χ2n) is 7.90. The molecule has 0 rings (SSSR count). The van der Waals surface area contributed by atoms with E-state index in [0.29, 0.717) is 0 Å². The van der Waals surface area contributed by atoms with Crippen LogP contribution in [0.5, 0.6) is 0 Å². The van der Waals surface area contributed by atoms with Gasteiger partial charge < -0.3 is 0 Å². The van der Waals surface area contributed by atoms with Gasteiger partial charge in [-0.3, -0.25) is 0 Å². The number of hydrogen-bond acceptors (Lipinski definition) is 0. The fourth-order valence-corrected chi connectivity index (χ4v) is 3.31. The van der Waals surface area contributed by atoms with Crippen LogP contribution in [0.25, 0.3) is 0 Å². The molecule has 0 aromatic rings. The highest BCUT2D eigenvalue weighted by Gasteiger charge is 1.96. The van der Waals surface area contributed by atoms with Crippen molar-refractivity contribution in [2.75, 3.05) is 6.61 Å². The van der Waals surface area contributed by atoms with E-state index in [1.54, 1.807) is 0 Å². The molecular weight excluding hydrogens is 280 g/mol. The first kappa shape index (κ1) is 23.0. The Morgan fingerprint density at radius 2 is 0.696 bits per heavy atom. The maximum absolute atomic E-state index is 10.3. The Morgan fingerprint density at radius 1 is 0.435 bits per heavy atom. The largest absolute Gasteiger partial charge is 0.237 e. The molecule has 0 unspecified atom stereocenters. The third-order valence-electron chi connectivity index (χ3n) is 4.93. The van der Waals surface area contributed by atoms with Crippen LogP contribution in [0.2, 0.25) is 0 Å². The van der Waals surface area contributed by atoms with Gasteiger partial charge in [-0.25, -0.2) is 5.11 Å². The molecule has 1 radical (unpaired) electrons. The Kier molecular flexibility index (Phi) is 20.0. The summed E-state index contributed by atoms with van der Waals surface area (Å²) in [7, 11) is 0. The van der Waals surface area contributed by atoms with E-state index in [2.05, 4.69) is 13.8 Å². The maximum atomic E-state index is 10.3. The normalized spacial score (nSPS) is 11.5. The summed E-state index contributed by atoms with van der Waals surface area (Å²) in [5.74, 6) is 0.888. The van der Waals surface area contributed by atoms with Crippen molar-refractivity contribution in [1.82, 2.24) is 0 Å². The fraction of sp³-hybridized carbons (Fsp3) is 1.00. The first-order chi connectivity index (χ1) is 11.3. The summed E-state index contributed by atoms with van der Waals surface area (Å²) < 4.78 is 0. The molecule has 0 aliphatic rings. The Labute approximate surface area is 147 Å². The van der Waals surface area contributed by atoms with Gasteiger partial charge in [0, 0.05) is 0 Å². The highest BCUT2D eigenvalue weighted by Crippen LogP contribution is 2.15. The van der Waals surface area contributed by atoms with Crippen molar-refractivity contribution in [2.24, 2.45) is 5.92 Å². The molecule has 23 heavy (non-hydrogen) atoms. The van der Waals surface area contributed by atoms with Gasteiger partial charge in [-0.15, -0.1) is 0 Å². The van der Waals surface area contributed by atoms with Gasteiger partial charge in [-0.1, -0.05) is 123 Å². The average Bonchev–Trinajstić information content (AvgIpc) is 2.53. The second-order valence-corrected chi connectivity index (χ2v) is 7.90. The highest BCUT2D eigenvalue weighted by molar-refractivity contribution is 4.51. The molecule has 139 valence electrons. The van der Waals surface area contributed by atoms with Crippen molar-refractivity contribution in [2.45, 2.75) is 129 Å². The minimum atomic E-state index is 0.123. The predicted octanol–water partition coefficient (Wildman–Crippen LogP) is 8.09. The quantitative estimate of drug-likeness (QED) is 0.214. The fourth-order valence-electron chi connectivity index (χ4n) is 3.31. The number of unbranched alkanes of at least 4 members (excludes halogenated alkanes) is 16. The highest BCUT2D eigenvalue weighted by atomic mass is 16.2. The molecule has 1 nitrogen and oxygen atoms in total. The van der Waals surface area contributed by atoms with E-state index >= 15 is 0 Å². The topological polar surface area (TPSA) is 19.9 Å². The van der Waals surface area contributed by atoms with E-state index in [1.807, 2.05) is 0 Å². The Bertz CT molecular complexity index is 200. The first-order valence-corrected chi connectivity index (χ1v) is 10.9. The van der Waals surface area contributed by atoms with E-state index < -0.39 is 0 Å². The molecule has 0 bridgehead atoms. The van der Waals surface area contributed by atoms with Crippen LogP contribution in [0.1, 0.15) is 129 Å². The molecular formula is C22H45O. The van der Waals surface area contributed by atoms with Crippen molar-refractivity contribution in [3.8, 4) is 0 Å². The van der Waals surface area contributed by atoms with E-state index in [-0.39, 0.29) is 6.61 Å². The lowest BCUT2D eigenvalue weighted by Gasteiger charge is -2.05. The van der Waals surface area contributed by atoms with Gasteiger partial charge in [0.2, 0.25) is 0 Å². The molecule has 0 aromatic carbocycles. The molecule has 0 saturated carbocycles.